The van der Waals surface area contributed by atoms with Gasteiger partial charge < -0.3 is 14.8 Å². The topological polar surface area (TPSA) is 64.6 Å². The van der Waals surface area contributed by atoms with E-state index in [1.165, 1.54) is 0 Å². The average Bonchev–Trinajstić information content (AvgIpc) is 2.52. The van der Waals surface area contributed by atoms with Crippen molar-refractivity contribution < 1.29 is 19.1 Å². The molecule has 0 aliphatic heterocycles. The van der Waals surface area contributed by atoms with Crippen LogP contribution in [0.1, 0.15) is 12.5 Å². The van der Waals surface area contributed by atoms with Gasteiger partial charge in [0.05, 0.1) is 0 Å². The molecule has 6 heteroatoms. The lowest BCUT2D eigenvalue weighted by Crippen LogP contribution is -2.29. The van der Waals surface area contributed by atoms with Crippen LogP contribution in [0.4, 0.5) is 5.69 Å². The molecule has 1 atom stereocenters. The highest BCUT2D eigenvalue weighted by molar-refractivity contribution is 9.10. The molecule has 0 aliphatic carbocycles. The SMILES string of the molecule is Cc1cccc(O[C@@H](C)C(=O)OCC(=O)Nc2cccc(Br)c2)c1. The number of nitrogens with one attached hydrogen (secondary N) is 1. The molecule has 0 spiro atoms. The van der Waals surface area contributed by atoms with Crippen LogP contribution in [-0.2, 0) is 14.3 Å². The van der Waals surface area contributed by atoms with Crippen molar-refractivity contribution in [3.05, 3.63) is 58.6 Å². The first-order valence-corrected chi connectivity index (χ1v) is 8.19. The maximum atomic E-state index is 11.9. The molecule has 0 heterocycles. The number of anilines is 1. The zero-order valence-electron chi connectivity index (χ0n) is 13.4. The summed E-state index contributed by atoms with van der Waals surface area (Å²) < 4.78 is 11.3. The lowest BCUT2D eigenvalue weighted by Gasteiger charge is -2.14. The number of carbonyl (C=O) groups excluding carboxylic acids is 2. The third kappa shape index (κ3) is 5.70. The zero-order valence-corrected chi connectivity index (χ0v) is 15.0. The van der Waals surface area contributed by atoms with Gasteiger partial charge in [0, 0.05) is 10.2 Å². The van der Waals surface area contributed by atoms with E-state index in [1.54, 1.807) is 31.2 Å². The molecule has 5 nitrogen and oxygen atoms in total. The van der Waals surface area contributed by atoms with E-state index < -0.39 is 18.0 Å². The first kappa shape index (κ1) is 18.0. The number of ether oxygens (including phenoxy) is 2. The van der Waals surface area contributed by atoms with Gasteiger partial charge in [0.25, 0.3) is 5.91 Å². The van der Waals surface area contributed by atoms with Gasteiger partial charge in [-0.05, 0) is 49.7 Å². The largest absolute Gasteiger partial charge is 0.479 e. The van der Waals surface area contributed by atoms with Crippen molar-refractivity contribution >= 4 is 33.5 Å². The van der Waals surface area contributed by atoms with Crippen molar-refractivity contribution in [2.75, 3.05) is 11.9 Å². The van der Waals surface area contributed by atoms with E-state index >= 15 is 0 Å². The van der Waals surface area contributed by atoms with Crippen molar-refractivity contribution in [1.29, 1.82) is 0 Å². The second kappa shape index (κ2) is 8.49. The van der Waals surface area contributed by atoms with Crippen molar-refractivity contribution in [3.8, 4) is 5.75 Å². The Morgan fingerprint density at radius 2 is 1.92 bits per heavy atom. The maximum Gasteiger partial charge on any atom is 0.347 e. The van der Waals surface area contributed by atoms with Gasteiger partial charge in [-0.25, -0.2) is 4.79 Å². The van der Waals surface area contributed by atoms with Crippen LogP contribution in [0.3, 0.4) is 0 Å². The van der Waals surface area contributed by atoms with Crippen molar-refractivity contribution in [2.45, 2.75) is 20.0 Å². The first-order valence-electron chi connectivity index (χ1n) is 7.39. The Labute approximate surface area is 149 Å². The third-order valence-corrected chi connectivity index (χ3v) is 3.58. The van der Waals surface area contributed by atoms with Gasteiger partial charge in [0.2, 0.25) is 0 Å². The molecule has 0 bridgehead atoms. The summed E-state index contributed by atoms with van der Waals surface area (Å²) in [6.07, 6.45) is -0.800. The molecule has 0 aliphatic rings. The van der Waals surface area contributed by atoms with Crippen LogP contribution >= 0.6 is 15.9 Å². The van der Waals surface area contributed by atoms with E-state index in [2.05, 4.69) is 21.2 Å². The quantitative estimate of drug-likeness (QED) is 0.762. The van der Waals surface area contributed by atoms with Crippen LogP contribution in [-0.4, -0.2) is 24.6 Å². The molecule has 2 aromatic carbocycles. The Hall–Kier alpha value is -2.34. The second-order valence-electron chi connectivity index (χ2n) is 5.24. The molecule has 1 N–H and O–H groups in total. The Bertz CT molecular complexity index is 732. The molecular formula is C18H18BrNO4. The van der Waals surface area contributed by atoms with Gasteiger partial charge in [0.1, 0.15) is 5.75 Å². The lowest BCUT2D eigenvalue weighted by atomic mass is 10.2. The number of hydrogen-bond donors (Lipinski definition) is 1. The minimum Gasteiger partial charge on any atom is -0.479 e. The summed E-state index contributed by atoms with van der Waals surface area (Å²) in [5, 5.41) is 2.65. The molecule has 0 saturated heterocycles. The summed E-state index contributed by atoms with van der Waals surface area (Å²) in [7, 11) is 0. The fraction of sp³-hybridized carbons (Fsp3) is 0.222. The smallest absolute Gasteiger partial charge is 0.347 e. The summed E-state index contributed by atoms with van der Waals surface area (Å²) in [4.78, 5) is 23.7. The van der Waals surface area contributed by atoms with E-state index in [4.69, 9.17) is 9.47 Å². The summed E-state index contributed by atoms with van der Waals surface area (Å²) in [6.45, 7) is 3.14. The molecule has 0 aromatic heterocycles. The Morgan fingerprint density at radius 3 is 2.62 bits per heavy atom. The molecular weight excluding hydrogens is 374 g/mol. The molecule has 0 fully saturated rings. The van der Waals surface area contributed by atoms with E-state index in [0.29, 0.717) is 11.4 Å². The minimum atomic E-state index is -0.800. The van der Waals surface area contributed by atoms with Crippen molar-refractivity contribution in [3.63, 3.8) is 0 Å². The number of rotatable bonds is 6. The fourth-order valence-electron chi connectivity index (χ4n) is 1.96. The van der Waals surface area contributed by atoms with E-state index in [0.717, 1.165) is 10.0 Å². The Morgan fingerprint density at radius 1 is 1.17 bits per heavy atom. The van der Waals surface area contributed by atoms with Crippen LogP contribution < -0.4 is 10.1 Å². The maximum absolute atomic E-state index is 11.9. The van der Waals surface area contributed by atoms with Gasteiger partial charge >= 0.3 is 5.97 Å². The highest BCUT2D eigenvalue weighted by Gasteiger charge is 2.18. The first-order chi connectivity index (χ1) is 11.4. The van der Waals surface area contributed by atoms with E-state index in [9.17, 15) is 9.59 Å². The van der Waals surface area contributed by atoms with Gasteiger partial charge in [0.15, 0.2) is 12.7 Å². The van der Waals surface area contributed by atoms with Crippen LogP contribution in [0.25, 0.3) is 0 Å². The van der Waals surface area contributed by atoms with Crippen LogP contribution in [0.2, 0.25) is 0 Å². The summed E-state index contributed by atoms with van der Waals surface area (Å²) in [5.41, 5.74) is 1.65. The molecule has 126 valence electrons. The number of esters is 1. The van der Waals surface area contributed by atoms with Crippen molar-refractivity contribution in [1.82, 2.24) is 0 Å². The van der Waals surface area contributed by atoms with Crippen molar-refractivity contribution in [2.24, 2.45) is 0 Å². The van der Waals surface area contributed by atoms with Crippen LogP contribution in [0, 0.1) is 6.92 Å². The highest BCUT2D eigenvalue weighted by atomic mass is 79.9. The zero-order chi connectivity index (χ0) is 17.5. The van der Waals surface area contributed by atoms with E-state index in [-0.39, 0.29) is 6.61 Å². The number of amides is 1. The second-order valence-corrected chi connectivity index (χ2v) is 6.16. The van der Waals surface area contributed by atoms with Crippen LogP contribution in [0.15, 0.2) is 53.0 Å². The predicted octanol–water partition coefficient (Wildman–Crippen LogP) is 3.71. The number of carbonyl (C=O) groups is 2. The normalized spacial score (nSPS) is 11.5. The minimum absolute atomic E-state index is 0.368. The Balaban J connectivity index is 1.80. The standard InChI is InChI=1S/C18H18BrNO4/c1-12-5-3-8-16(9-12)24-13(2)18(22)23-11-17(21)20-15-7-4-6-14(19)10-15/h3-10,13H,11H2,1-2H3,(H,20,21)/t13-/m0/s1. The highest BCUT2D eigenvalue weighted by Crippen LogP contribution is 2.16. The summed E-state index contributed by atoms with van der Waals surface area (Å²) in [5.74, 6) is -0.428. The molecule has 2 aromatic rings. The van der Waals surface area contributed by atoms with Crippen LogP contribution in [0.5, 0.6) is 5.75 Å². The van der Waals surface area contributed by atoms with Gasteiger partial charge in [-0.1, -0.05) is 34.1 Å². The van der Waals surface area contributed by atoms with Gasteiger partial charge in [-0.15, -0.1) is 0 Å². The third-order valence-electron chi connectivity index (χ3n) is 3.09. The molecule has 1 amide bonds. The number of halogens is 1. The molecule has 0 saturated carbocycles. The van der Waals surface area contributed by atoms with E-state index in [1.807, 2.05) is 31.2 Å². The summed E-state index contributed by atoms with van der Waals surface area (Å²) >= 11 is 3.32. The molecule has 24 heavy (non-hydrogen) atoms. The fourth-order valence-corrected chi connectivity index (χ4v) is 2.36. The van der Waals surface area contributed by atoms with Gasteiger partial charge in [-0.3, -0.25) is 4.79 Å². The average molecular weight is 392 g/mol. The molecule has 2 rings (SSSR count). The number of benzene rings is 2. The summed E-state index contributed by atoms with van der Waals surface area (Å²) in [6, 6.07) is 14.5. The molecule has 0 unspecified atom stereocenters. The number of aryl methyl sites for hydroxylation is 1. The number of hydrogen-bond acceptors (Lipinski definition) is 4. The predicted molar refractivity (Wildman–Crippen MR) is 95.0 cm³/mol. The van der Waals surface area contributed by atoms with Gasteiger partial charge in [-0.2, -0.15) is 0 Å². The lowest BCUT2D eigenvalue weighted by molar-refractivity contribution is -0.153. The monoisotopic (exact) mass is 391 g/mol. The Kier molecular flexibility index (Phi) is 6.37. The molecule has 0 radical (unpaired) electrons.